The van der Waals surface area contributed by atoms with Crippen LogP contribution in [0.4, 0.5) is 5.69 Å². The third-order valence-electron chi connectivity index (χ3n) is 2.22. The zero-order chi connectivity index (χ0) is 11.4. The van der Waals surface area contributed by atoms with Crippen LogP contribution in [-0.4, -0.2) is 4.21 Å². The smallest absolute Gasteiger partial charge is 0.150 e. The Labute approximate surface area is 97.9 Å². The maximum atomic E-state index is 11.9. The molecular formula is C13H13NOS. The summed E-state index contributed by atoms with van der Waals surface area (Å²) in [4.78, 5) is 0.781. The maximum Gasteiger partial charge on any atom is 0.150 e. The standard InChI is InChI=1S/C13H13NOS/c1-11-7-9-12(10-8-11)14-16(15)13-5-3-2-4-6-13/h2-10,14H,1H3. The highest BCUT2D eigenvalue weighted by atomic mass is 32.2. The lowest BCUT2D eigenvalue weighted by atomic mass is 10.2. The molecule has 2 aromatic carbocycles. The van der Waals surface area contributed by atoms with Gasteiger partial charge in [0.05, 0.1) is 4.90 Å². The predicted octanol–water partition coefficient (Wildman–Crippen LogP) is 3.13. The van der Waals surface area contributed by atoms with E-state index in [1.165, 1.54) is 5.56 Å². The van der Waals surface area contributed by atoms with Crippen molar-refractivity contribution in [1.82, 2.24) is 0 Å². The van der Waals surface area contributed by atoms with Crippen molar-refractivity contribution in [2.75, 3.05) is 4.72 Å². The second kappa shape index (κ2) is 4.94. The first-order valence-corrected chi connectivity index (χ1v) is 6.21. The Morgan fingerprint density at radius 1 is 0.938 bits per heavy atom. The van der Waals surface area contributed by atoms with Gasteiger partial charge in [0.2, 0.25) is 0 Å². The first kappa shape index (κ1) is 10.9. The van der Waals surface area contributed by atoms with Crippen molar-refractivity contribution >= 4 is 16.7 Å². The van der Waals surface area contributed by atoms with Crippen molar-refractivity contribution in [3.63, 3.8) is 0 Å². The highest BCUT2D eigenvalue weighted by Crippen LogP contribution is 2.13. The lowest BCUT2D eigenvalue weighted by molar-refractivity contribution is 0.686. The van der Waals surface area contributed by atoms with Crippen LogP contribution in [0.25, 0.3) is 0 Å². The Morgan fingerprint density at radius 3 is 2.19 bits per heavy atom. The number of hydrogen-bond acceptors (Lipinski definition) is 1. The number of rotatable bonds is 3. The van der Waals surface area contributed by atoms with Crippen molar-refractivity contribution in [3.8, 4) is 0 Å². The van der Waals surface area contributed by atoms with Gasteiger partial charge in [-0.3, -0.25) is 0 Å². The molecule has 82 valence electrons. The summed E-state index contributed by atoms with van der Waals surface area (Å²) in [5.41, 5.74) is 2.06. The molecule has 2 rings (SSSR count). The maximum absolute atomic E-state index is 11.9. The van der Waals surface area contributed by atoms with Gasteiger partial charge in [-0.15, -0.1) is 0 Å². The first-order valence-electron chi connectivity index (χ1n) is 5.06. The molecule has 0 aliphatic heterocycles. The van der Waals surface area contributed by atoms with Crippen molar-refractivity contribution in [1.29, 1.82) is 0 Å². The van der Waals surface area contributed by atoms with Gasteiger partial charge < -0.3 is 4.72 Å². The van der Waals surface area contributed by atoms with Crippen molar-refractivity contribution in [2.24, 2.45) is 0 Å². The SMILES string of the molecule is Cc1ccc(NS(=O)c2ccccc2)cc1. The molecule has 16 heavy (non-hydrogen) atoms. The zero-order valence-electron chi connectivity index (χ0n) is 9.01. The van der Waals surface area contributed by atoms with Crippen LogP contribution >= 0.6 is 0 Å². The lowest BCUT2D eigenvalue weighted by Crippen LogP contribution is -2.04. The average molecular weight is 231 g/mol. The largest absolute Gasteiger partial charge is 0.301 e. The summed E-state index contributed by atoms with van der Waals surface area (Å²) in [6.45, 7) is 2.03. The van der Waals surface area contributed by atoms with Gasteiger partial charge in [-0.25, -0.2) is 4.21 Å². The van der Waals surface area contributed by atoms with Gasteiger partial charge in [0.1, 0.15) is 11.0 Å². The number of benzene rings is 2. The Hall–Kier alpha value is -1.61. The molecular weight excluding hydrogens is 218 g/mol. The van der Waals surface area contributed by atoms with Crippen LogP contribution < -0.4 is 4.72 Å². The summed E-state index contributed by atoms with van der Waals surface area (Å²) in [6.07, 6.45) is 0. The highest BCUT2D eigenvalue weighted by Gasteiger charge is 2.02. The van der Waals surface area contributed by atoms with E-state index in [1.807, 2.05) is 61.5 Å². The van der Waals surface area contributed by atoms with Crippen molar-refractivity contribution < 1.29 is 4.21 Å². The molecule has 1 unspecified atom stereocenters. The summed E-state index contributed by atoms with van der Waals surface area (Å²) in [6, 6.07) is 17.2. The number of hydrogen-bond donors (Lipinski definition) is 1. The van der Waals surface area contributed by atoms with Gasteiger partial charge in [0.15, 0.2) is 0 Å². The van der Waals surface area contributed by atoms with Gasteiger partial charge in [-0.1, -0.05) is 35.9 Å². The van der Waals surface area contributed by atoms with Gasteiger partial charge in [-0.05, 0) is 31.2 Å². The Kier molecular flexibility index (Phi) is 3.37. The van der Waals surface area contributed by atoms with Crippen LogP contribution in [0.1, 0.15) is 5.56 Å². The minimum absolute atomic E-state index is 0.781. The van der Waals surface area contributed by atoms with Crippen LogP contribution in [0.5, 0.6) is 0 Å². The number of aryl methyl sites for hydroxylation is 1. The Morgan fingerprint density at radius 2 is 1.56 bits per heavy atom. The molecule has 1 atom stereocenters. The lowest BCUT2D eigenvalue weighted by Gasteiger charge is -2.05. The van der Waals surface area contributed by atoms with Crippen molar-refractivity contribution in [3.05, 3.63) is 60.2 Å². The van der Waals surface area contributed by atoms with Gasteiger partial charge in [0.25, 0.3) is 0 Å². The molecule has 0 saturated carbocycles. The van der Waals surface area contributed by atoms with Crippen LogP contribution in [-0.2, 0) is 11.0 Å². The summed E-state index contributed by atoms with van der Waals surface area (Å²) in [5.74, 6) is 0. The molecule has 0 bridgehead atoms. The average Bonchev–Trinajstić information content (AvgIpc) is 2.33. The van der Waals surface area contributed by atoms with E-state index in [-0.39, 0.29) is 0 Å². The second-order valence-electron chi connectivity index (χ2n) is 3.55. The quantitative estimate of drug-likeness (QED) is 0.864. The number of nitrogens with one attached hydrogen (secondary N) is 1. The van der Waals surface area contributed by atoms with E-state index in [2.05, 4.69) is 4.72 Å². The van der Waals surface area contributed by atoms with Gasteiger partial charge in [0, 0.05) is 5.69 Å². The second-order valence-corrected chi connectivity index (χ2v) is 4.76. The van der Waals surface area contributed by atoms with Gasteiger partial charge >= 0.3 is 0 Å². The molecule has 1 N–H and O–H groups in total. The molecule has 0 aromatic heterocycles. The fourth-order valence-electron chi connectivity index (χ4n) is 1.33. The molecule has 0 radical (unpaired) electrons. The minimum Gasteiger partial charge on any atom is -0.301 e. The Bertz CT molecular complexity index is 479. The summed E-state index contributed by atoms with van der Waals surface area (Å²) < 4.78 is 14.9. The van der Waals surface area contributed by atoms with E-state index >= 15 is 0 Å². The molecule has 0 amide bonds. The molecule has 0 saturated heterocycles. The van der Waals surface area contributed by atoms with E-state index in [4.69, 9.17) is 0 Å². The minimum atomic E-state index is -1.19. The summed E-state index contributed by atoms with van der Waals surface area (Å²) >= 11 is 0. The van der Waals surface area contributed by atoms with Gasteiger partial charge in [-0.2, -0.15) is 0 Å². The monoisotopic (exact) mass is 231 g/mol. The molecule has 2 aromatic rings. The molecule has 0 spiro atoms. The first-order chi connectivity index (χ1) is 7.75. The van der Waals surface area contributed by atoms with E-state index in [0.29, 0.717) is 0 Å². The van der Waals surface area contributed by atoms with Crippen molar-refractivity contribution in [2.45, 2.75) is 11.8 Å². The van der Waals surface area contributed by atoms with Crippen LogP contribution in [0.2, 0.25) is 0 Å². The zero-order valence-corrected chi connectivity index (χ0v) is 9.83. The third kappa shape index (κ3) is 2.70. The molecule has 0 heterocycles. The normalized spacial score (nSPS) is 12.1. The fourth-order valence-corrected chi connectivity index (χ4v) is 2.20. The summed E-state index contributed by atoms with van der Waals surface area (Å²) in [5, 5.41) is 0. The van der Waals surface area contributed by atoms with E-state index in [0.717, 1.165) is 10.6 Å². The topological polar surface area (TPSA) is 29.1 Å². The molecule has 0 aliphatic rings. The van der Waals surface area contributed by atoms with E-state index in [9.17, 15) is 4.21 Å². The fraction of sp³-hybridized carbons (Fsp3) is 0.0769. The van der Waals surface area contributed by atoms with Crippen LogP contribution in [0, 0.1) is 6.92 Å². The van der Waals surface area contributed by atoms with Crippen LogP contribution in [0.3, 0.4) is 0 Å². The molecule has 0 aliphatic carbocycles. The molecule has 0 fully saturated rings. The third-order valence-corrected chi connectivity index (χ3v) is 3.34. The molecule has 3 heteroatoms. The molecule has 2 nitrogen and oxygen atoms in total. The summed E-state index contributed by atoms with van der Waals surface area (Å²) in [7, 11) is -1.19. The Balaban J connectivity index is 2.11. The van der Waals surface area contributed by atoms with Crippen LogP contribution in [0.15, 0.2) is 59.5 Å². The van der Waals surface area contributed by atoms with E-state index < -0.39 is 11.0 Å². The number of anilines is 1. The van der Waals surface area contributed by atoms with E-state index in [1.54, 1.807) is 0 Å². The highest BCUT2D eigenvalue weighted by molar-refractivity contribution is 7.86. The predicted molar refractivity (Wildman–Crippen MR) is 67.7 cm³/mol.